The Morgan fingerprint density at radius 1 is 1.09 bits per heavy atom. The third kappa shape index (κ3) is 2.59. The van der Waals surface area contributed by atoms with Gasteiger partial charge in [-0.25, -0.2) is 9.07 Å². The summed E-state index contributed by atoms with van der Waals surface area (Å²) in [5, 5.41) is 13.9. The summed E-state index contributed by atoms with van der Waals surface area (Å²) >= 11 is 6.40. The van der Waals surface area contributed by atoms with Crippen LogP contribution in [0.2, 0.25) is 5.15 Å². The van der Waals surface area contributed by atoms with E-state index < -0.39 is 0 Å². The fourth-order valence-corrected chi connectivity index (χ4v) is 2.54. The van der Waals surface area contributed by atoms with Crippen LogP contribution in [0.1, 0.15) is 5.56 Å². The smallest absolute Gasteiger partial charge is 0.137 e. The Balaban J connectivity index is 2.18. The molecule has 0 bridgehead atoms. The molecule has 22 heavy (non-hydrogen) atoms. The van der Waals surface area contributed by atoms with E-state index in [1.54, 1.807) is 16.8 Å². The van der Waals surface area contributed by atoms with Gasteiger partial charge in [0.05, 0.1) is 23.9 Å². The minimum absolute atomic E-state index is 0.137. The molecule has 2 aromatic carbocycles. The normalized spacial score (nSPS) is 10.4. The number of hydrogen-bond acceptors (Lipinski definition) is 2. The van der Waals surface area contributed by atoms with Crippen molar-refractivity contribution >= 4 is 11.6 Å². The fourth-order valence-electron chi connectivity index (χ4n) is 2.25. The number of para-hydroxylation sites is 1. The van der Waals surface area contributed by atoms with Crippen LogP contribution in [-0.2, 0) is 6.42 Å². The molecule has 0 unspecified atom stereocenters. The summed E-state index contributed by atoms with van der Waals surface area (Å²) in [5.74, 6) is -0.320. The third-order valence-electron chi connectivity index (χ3n) is 3.30. The molecule has 3 aromatic rings. The predicted molar refractivity (Wildman–Crippen MR) is 83.3 cm³/mol. The Morgan fingerprint density at radius 3 is 2.41 bits per heavy atom. The average molecular weight is 312 g/mol. The molecule has 0 spiro atoms. The molecule has 1 heterocycles. The maximum absolute atomic E-state index is 13.1. The third-order valence-corrected chi connectivity index (χ3v) is 3.68. The van der Waals surface area contributed by atoms with E-state index in [0.29, 0.717) is 16.4 Å². The van der Waals surface area contributed by atoms with Crippen LogP contribution in [-0.4, -0.2) is 9.78 Å². The number of benzene rings is 2. The van der Waals surface area contributed by atoms with Crippen molar-refractivity contribution in [3.05, 3.63) is 71.1 Å². The number of halogens is 2. The van der Waals surface area contributed by atoms with Crippen molar-refractivity contribution in [3.8, 4) is 23.0 Å². The van der Waals surface area contributed by atoms with E-state index in [1.165, 1.54) is 12.1 Å². The second kappa shape index (κ2) is 6.00. The van der Waals surface area contributed by atoms with Crippen molar-refractivity contribution in [2.75, 3.05) is 0 Å². The second-order valence-electron chi connectivity index (χ2n) is 4.71. The van der Waals surface area contributed by atoms with Gasteiger partial charge in [-0.05, 0) is 36.4 Å². The van der Waals surface area contributed by atoms with Gasteiger partial charge in [-0.15, -0.1) is 0 Å². The van der Waals surface area contributed by atoms with Crippen LogP contribution in [0, 0.1) is 17.1 Å². The summed E-state index contributed by atoms with van der Waals surface area (Å²) in [6.45, 7) is 0. The summed E-state index contributed by atoms with van der Waals surface area (Å²) in [5.41, 5.74) is 2.76. The minimum atomic E-state index is -0.320. The van der Waals surface area contributed by atoms with Gasteiger partial charge in [0.15, 0.2) is 0 Å². The molecule has 0 radical (unpaired) electrons. The summed E-state index contributed by atoms with van der Waals surface area (Å²) in [7, 11) is 0. The molecule has 0 aliphatic carbocycles. The van der Waals surface area contributed by atoms with Crippen molar-refractivity contribution in [1.82, 2.24) is 9.78 Å². The van der Waals surface area contributed by atoms with E-state index in [1.807, 2.05) is 30.3 Å². The van der Waals surface area contributed by atoms with Gasteiger partial charge in [0.25, 0.3) is 0 Å². The molecule has 108 valence electrons. The van der Waals surface area contributed by atoms with E-state index in [-0.39, 0.29) is 12.2 Å². The highest BCUT2D eigenvalue weighted by Crippen LogP contribution is 2.31. The van der Waals surface area contributed by atoms with Crippen LogP contribution in [0.15, 0.2) is 54.6 Å². The first-order chi connectivity index (χ1) is 10.7. The lowest BCUT2D eigenvalue weighted by Crippen LogP contribution is -1.96. The molecule has 3 nitrogen and oxygen atoms in total. The van der Waals surface area contributed by atoms with Crippen molar-refractivity contribution in [2.45, 2.75) is 6.42 Å². The van der Waals surface area contributed by atoms with Gasteiger partial charge in [0.1, 0.15) is 11.0 Å². The maximum Gasteiger partial charge on any atom is 0.137 e. The fraction of sp³-hybridized carbons (Fsp3) is 0.0588. The molecule has 0 N–H and O–H groups in total. The lowest BCUT2D eigenvalue weighted by molar-refractivity contribution is 0.628. The van der Waals surface area contributed by atoms with Crippen LogP contribution in [0.25, 0.3) is 16.9 Å². The number of nitriles is 1. The first kappa shape index (κ1) is 14.3. The molecular formula is C17H11ClFN3. The van der Waals surface area contributed by atoms with E-state index >= 15 is 0 Å². The van der Waals surface area contributed by atoms with Crippen molar-refractivity contribution in [1.29, 1.82) is 5.26 Å². The van der Waals surface area contributed by atoms with Crippen LogP contribution in [0.4, 0.5) is 4.39 Å². The molecule has 3 rings (SSSR count). The Labute approximate surface area is 132 Å². The SMILES string of the molecule is N#CCc1c(-c2ccc(F)cc2)nn(-c2ccccc2)c1Cl. The van der Waals surface area contributed by atoms with Crippen LogP contribution < -0.4 is 0 Å². The monoisotopic (exact) mass is 311 g/mol. The number of hydrogen-bond donors (Lipinski definition) is 0. The zero-order valence-corrected chi connectivity index (χ0v) is 12.3. The Morgan fingerprint density at radius 2 is 1.77 bits per heavy atom. The molecule has 0 saturated carbocycles. The van der Waals surface area contributed by atoms with E-state index in [2.05, 4.69) is 11.2 Å². The molecule has 0 aliphatic rings. The van der Waals surface area contributed by atoms with Crippen LogP contribution >= 0.6 is 11.6 Å². The minimum Gasteiger partial charge on any atom is -0.221 e. The van der Waals surface area contributed by atoms with Gasteiger partial charge >= 0.3 is 0 Å². The highest BCUT2D eigenvalue weighted by molar-refractivity contribution is 6.31. The van der Waals surface area contributed by atoms with Crippen molar-refractivity contribution in [2.24, 2.45) is 0 Å². The Kier molecular flexibility index (Phi) is 3.90. The number of nitrogens with zero attached hydrogens (tertiary/aromatic N) is 3. The maximum atomic E-state index is 13.1. The van der Waals surface area contributed by atoms with Gasteiger partial charge in [-0.1, -0.05) is 29.8 Å². The van der Waals surface area contributed by atoms with Gasteiger partial charge in [-0.3, -0.25) is 0 Å². The molecule has 0 fully saturated rings. The Hall–Kier alpha value is -2.64. The highest BCUT2D eigenvalue weighted by atomic mass is 35.5. The molecule has 1 aromatic heterocycles. The largest absolute Gasteiger partial charge is 0.221 e. The number of aromatic nitrogens is 2. The zero-order chi connectivity index (χ0) is 15.5. The lowest BCUT2D eigenvalue weighted by atomic mass is 10.1. The van der Waals surface area contributed by atoms with Crippen LogP contribution in [0.3, 0.4) is 0 Å². The van der Waals surface area contributed by atoms with Crippen molar-refractivity contribution in [3.63, 3.8) is 0 Å². The van der Waals surface area contributed by atoms with Gasteiger partial charge < -0.3 is 0 Å². The van der Waals surface area contributed by atoms with Gasteiger partial charge in [0.2, 0.25) is 0 Å². The van der Waals surface area contributed by atoms with Crippen LogP contribution in [0.5, 0.6) is 0 Å². The topological polar surface area (TPSA) is 41.6 Å². The lowest BCUT2D eigenvalue weighted by Gasteiger charge is -2.01. The van der Waals surface area contributed by atoms with Gasteiger partial charge in [-0.2, -0.15) is 10.4 Å². The zero-order valence-electron chi connectivity index (χ0n) is 11.5. The summed E-state index contributed by atoms with van der Waals surface area (Å²) in [4.78, 5) is 0. The first-order valence-corrected chi connectivity index (χ1v) is 7.04. The molecular weight excluding hydrogens is 301 g/mol. The molecule has 5 heteroatoms. The summed E-state index contributed by atoms with van der Waals surface area (Å²) < 4.78 is 14.7. The molecule has 0 amide bonds. The summed E-state index contributed by atoms with van der Waals surface area (Å²) in [6.07, 6.45) is 0.137. The average Bonchev–Trinajstić information content (AvgIpc) is 2.87. The molecule has 0 aliphatic heterocycles. The Bertz CT molecular complexity index is 833. The molecule has 0 atom stereocenters. The van der Waals surface area contributed by atoms with Gasteiger partial charge in [0, 0.05) is 11.1 Å². The standard InChI is InChI=1S/C17H11ClFN3/c18-17-15(10-11-20)16(12-6-8-13(19)9-7-12)21-22(17)14-4-2-1-3-5-14/h1-9H,10H2. The molecule has 0 saturated heterocycles. The van der Waals surface area contributed by atoms with E-state index in [0.717, 1.165) is 11.3 Å². The summed E-state index contributed by atoms with van der Waals surface area (Å²) in [6, 6.07) is 17.5. The quantitative estimate of drug-likeness (QED) is 0.719. The first-order valence-electron chi connectivity index (χ1n) is 6.66. The van der Waals surface area contributed by atoms with Crippen molar-refractivity contribution < 1.29 is 4.39 Å². The predicted octanol–water partition coefficient (Wildman–Crippen LogP) is 4.40. The highest BCUT2D eigenvalue weighted by Gasteiger charge is 2.18. The number of rotatable bonds is 3. The van der Waals surface area contributed by atoms with E-state index in [4.69, 9.17) is 16.9 Å². The second-order valence-corrected chi connectivity index (χ2v) is 5.07. The van der Waals surface area contributed by atoms with E-state index in [9.17, 15) is 4.39 Å².